The van der Waals surface area contributed by atoms with Crippen LogP contribution in [-0.2, 0) is 11.3 Å². The number of rotatable bonds is 6. The number of carbonyl (C=O) groups excluding carboxylic acids is 1. The summed E-state index contributed by atoms with van der Waals surface area (Å²) in [5, 5.41) is 1.21. The Balaban J connectivity index is 1.40. The molecule has 0 spiro atoms. The fourth-order valence-electron chi connectivity index (χ4n) is 5.23. The zero-order valence-corrected chi connectivity index (χ0v) is 20.5. The van der Waals surface area contributed by atoms with Crippen molar-refractivity contribution in [3.05, 3.63) is 102 Å². The summed E-state index contributed by atoms with van der Waals surface area (Å²) in [6.07, 6.45) is 2.64. The number of aromatic nitrogens is 1. The topological polar surface area (TPSA) is 28.5 Å². The summed E-state index contributed by atoms with van der Waals surface area (Å²) in [5.41, 5.74) is 5.38. The highest BCUT2D eigenvalue weighted by Gasteiger charge is 2.28. The third kappa shape index (κ3) is 4.68. The van der Waals surface area contributed by atoms with E-state index in [1.54, 1.807) is 6.07 Å². The molecule has 0 bridgehead atoms. The molecule has 4 aromatic rings. The highest BCUT2D eigenvalue weighted by Crippen LogP contribution is 2.35. The molecule has 5 heteroatoms. The predicted octanol–water partition coefficient (Wildman–Crippen LogP) is 5.98. The van der Waals surface area contributed by atoms with E-state index in [-0.39, 0.29) is 17.6 Å². The van der Waals surface area contributed by atoms with Gasteiger partial charge in [0.05, 0.1) is 5.69 Å². The van der Waals surface area contributed by atoms with Crippen molar-refractivity contribution in [3.8, 4) is 0 Å². The van der Waals surface area contributed by atoms with Gasteiger partial charge in [-0.2, -0.15) is 0 Å². The summed E-state index contributed by atoms with van der Waals surface area (Å²) < 4.78 is 16.5. The molecule has 1 saturated heterocycles. The number of amides is 1. The van der Waals surface area contributed by atoms with Crippen LogP contribution in [0.25, 0.3) is 10.9 Å². The molecule has 1 atom stereocenters. The molecule has 1 amide bonds. The molecule has 4 nitrogen and oxygen atoms in total. The summed E-state index contributed by atoms with van der Waals surface area (Å²) in [7, 11) is 0. The lowest BCUT2D eigenvalue weighted by Gasteiger charge is -2.36. The Morgan fingerprint density at radius 1 is 0.914 bits per heavy atom. The fourth-order valence-corrected chi connectivity index (χ4v) is 5.23. The molecule has 0 radical (unpaired) electrons. The summed E-state index contributed by atoms with van der Waals surface area (Å²) in [5.74, 6) is -0.0819. The summed E-state index contributed by atoms with van der Waals surface area (Å²) in [6, 6.07) is 23.9. The molecule has 2 heterocycles. The van der Waals surface area contributed by atoms with Crippen LogP contribution in [-0.4, -0.2) is 41.6 Å². The first-order valence-electron chi connectivity index (χ1n) is 12.5. The quantitative estimate of drug-likeness (QED) is 0.348. The van der Waals surface area contributed by atoms with Crippen LogP contribution in [0.1, 0.15) is 36.0 Å². The van der Waals surface area contributed by atoms with Crippen molar-refractivity contribution in [2.75, 3.05) is 31.1 Å². The number of hydrogen-bond acceptors (Lipinski definition) is 2. The van der Waals surface area contributed by atoms with E-state index in [1.165, 1.54) is 28.1 Å². The minimum absolute atomic E-state index is 0.0228. The molecule has 0 saturated carbocycles. The van der Waals surface area contributed by atoms with E-state index in [0.29, 0.717) is 38.3 Å². The van der Waals surface area contributed by atoms with Crippen LogP contribution in [0, 0.1) is 12.7 Å². The average molecular weight is 470 g/mol. The molecule has 5 rings (SSSR count). The summed E-state index contributed by atoms with van der Waals surface area (Å²) >= 11 is 0. The van der Waals surface area contributed by atoms with Crippen LogP contribution in [0.4, 0.5) is 10.1 Å². The molecule has 1 aliphatic heterocycles. The standard InChI is InChI=1S/C30H32FN3O/c1-3-32-21-26(24-8-4-6-10-28(24)32)25(23-14-12-22(2)13-15-23)20-30(35)34-18-16-33(17-19-34)29-11-7-5-9-27(29)31/h4-15,21,25H,3,16-20H2,1-2H3. The highest BCUT2D eigenvalue weighted by molar-refractivity contribution is 5.86. The third-order valence-corrected chi connectivity index (χ3v) is 7.22. The molecular weight excluding hydrogens is 437 g/mol. The Kier molecular flexibility index (Phi) is 6.58. The van der Waals surface area contributed by atoms with Gasteiger partial charge in [-0.3, -0.25) is 4.79 Å². The zero-order chi connectivity index (χ0) is 24.4. The van der Waals surface area contributed by atoms with Gasteiger partial charge in [-0.05, 0) is 43.2 Å². The van der Waals surface area contributed by atoms with Crippen molar-refractivity contribution in [2.45, 2.75) is 32.7 Å². The Morgan fingerprint density at radius 2 is 1.60 bits per heavy atom. The number of hydrogen-bond donors (Lipinski definition) is 0. The van der Waals surface area contributed by atoms with Crippen LogP contribution in [0.15, 0.2) is 79.0 Å². The molecule has 1 fully saturated rings. The van der Waals surface area contributed by atoms with Crippen molar-refractivity contribution < 1.29 is 9.18 Å². The van der Waals surface area contributed by atoms with Crippen molar-refractivity contribution in [1.29, 1.82) is 0 Å². The molecule has 0 aliphatic carbocycles. The Labute approximate surface area is 206 Å². The SMILES string of the molecule is CCn1cc(C(CC(=O)N2CCN(c3ccccc3F)CC2)c2ccc(C)cc2)c2ccccc21. The van der Waals surface area contributed by atoms with Crippen LogP contribution >= 0.6 is 0 Å². The maximum absolute atomic E-state index is 14.2. The molecule has 0 N–H and O–H groups in total. The largest absolute Gasteiger partial charge is 0.366 e. The monoisotopic (exact) mass is 469 g/mol. The second-order valence-corrected chi connectivity index (χ2v) is 9.37. The van der Waals surface area contributed by atoms with Gasteiger partial charge < -0.3 is 14.4 Å². The number of fused-ring (bicyclic) bond motifs is 1. The smallest absolute Gasteiger partial charge is 0.223 e. The Morgan fingerprint density at radius 3 is 2.31 bits per heavy atom. The Bertz CT molecular complexity index is 1320. The van der Waals surface area contributed by atoms with Gasteiger partial charge in [-0.25, -0.2) is 4.39 Å². The van der Waals surface area contributed by atoms with Gasteiger partial charge in [-0.15, -0.1) is 0 Å². The highest BCUT2D eigenvalue weighted by atomic mass is 19.1. The minimum atomic E-state index is -0.209. The minimum Gasteiger partial charge on any atom is -0.366 e. The number of nitrogens with zero attached hydrogens (tertiary/aromatic N) is 3. The number of anilines is 1. The van der Waals surface area contributed by atoms with Gasteiger partial charge in [0.25, 0.3) is 0 Å². The lowest BCUT2D eigenvalue weighted by atomic mass is 9.87. The van der Waals surface area contributed by atoms with Gasteiger partial charge in [0.1, 0.15) is 5.82 Å². The molecule has 1 aromatic heterocycles. The maximum Gasteiger partial charge on any atom is 0.223 e. The first kappa shape index (κ1) is 23.2. The van der Waals surface area contributed by atoms with Gasteiger partial charge in [0.2, 0.25) is 5.91 Å². The van der Waals surface area contributed by atoms with Crippen LogP contribution < -0.4 is 4.90 Å². The van der Waals surface area contributed by atoms with E-state index >= 15 is 0 Å². The normalized spacial score (nSPS) is 14.9. The average Bonchev–Trinajstić information content (AvgIpc) is 3.27. The first-order valence-corrected chi connectivity index (χ1v) is 12.5. The van der Waals surface area contributed by atoms with E-state index in [0.717, 1.165) is 12.1 Å². The van der Waals surface area contributed by atoms with Crippen molar-refractivity contribution in [1.82, 2.24) is 9.47 Å². The van der Waals surface area contributed by atoms with Crippen molar-refractivity contribution in [2.24, 2.45) is 0 Å². The van der Waals surface area contributed by atoms with Crippen LogP contribution in [0.3, 0.4) is 0 Å². The number of benzene rings is 3. The second-order valence-electron chi connectivity index (χ2n) is 9.37. The number of piperazine rings is 1. The first-order chi connectivity index (χ1) is 17.0. The maximum atomic E-state index is 14.2. The predicted molar refractivity (Wildman–Crippen MR) is 140 cm³/mol. The van der Waals surface area contributed by atoms with E-state index < -0.39 is 0 Å². The van der Waals surface area contributed by atoms with Crippen molar-refractivity contribution >= 4 is 22.5 Å². The molecule has 1 aliphatic rings. The second kappa shape index (κ2) is 9.95. The molecular formula is C30H32FN3O. The lowest BCUT2D eigenvalue weighted by molar-refractivity contribution is -0.131. The number of para-hydroxylation sites is 2. The van der Waals surface area contributed by atoms with E-state index in [4.69, 9.17) is 0 Å². The van der Waals surface area contributed by atoms with E-state index in [9.17, 15) is 9.18 Å². The van der Waals surface area contributed by atoms with Crippen molar-refractivity contribution in [3.63, 3.8) is 0 Å². The van der Waals surface area contributed by atoms with Gasteiger partial charge >= 0.3 is 0 Å². The van der Waals surface area contributed by atoms with Gasteiger partial charge in [-0.1, -0.05) is 60.2 Å². The van der Waals surface area contributed by atoms with Crippen LogP contribution in [0.2, 0.25) is 0 Å². The number of halogens is 1. The lowest BCUT2D eigenvalue weighted by Crippen LogP contribution is -2.49. The van der Waals surface area contributed by atoms with E-state index in [1.807, 2.05) is 21.9 Å². The summed E-state index contributed by atoms with van der Waals surface area (Å²) in [4.78, 5) is 17.5. The van der Waals surface area contributed by atoms with Gasteiger partial charge in [0, 0.05) is 62.2 Å². The molecule has 3 aromatic carbocycles. The zero-order valence-electron chi connectivity index (χ0n) is 20.5. The molecule has 35 heavy (non-hydrogen) atoms. The molecule has 1 unspecified atom stereocenters. The van der Waals surface area contributed by atoms with Crippen LogP contribution in [0.5, 0.6) is 0 Å². The Hall–Kier alpha value is -3.60. The van der Waals surface area contributed by atoms with Gasteiger partial charge in [0.15, 0.2) is 0 Å². The number of aryl methyl sites for hydroxylation is 2. The van der Waals surface area contributed by atoms with E-state index in [2.05, 4.69) is 73.1 Å². The number of carbonyl (C=O) groups is 1. The third-order valence-electron chi connectivity index (χ3n) is 7.22. The molecule has 180 valence electrons. The summed E-state index contributed by atoms with van der Waals surface area (Å²) in [6.45, 7) is 7.59. The fraction of sp³-hybridized carbons (Fsp3) is 0.300.